The van der Waals surface area contributed by atoms with Gasteiger partial charge in [0.25, 0.3) is 5.91 Å². The van der Waals surface area contributed by atoms with Crippen molar-refractivity contribution >= 4 is 40.1 Å². The van der Waals surface area contributed by atoms with E-state index >= 15 is 0 Å². The Morgan fingerprint density at radius 2 is 2.33 bits per heavy atom. The monoisotopic (exact) mass is 377 g/mol. The van der Waals surface area contributed by atoms with Gasteiger partial charge in [0.1, 0.15) is 0 Å². The van der Waals surface area contributed by atoms with Crippen LogP contribution in [-0.2, 0) is 6.42 Å². The van der Waals surface area contributed by atoms with Crippen LogP contribution in [0.5, 0.6) is 0 Å². The summed E-state index contributed by atoms with van der Waals surface area (Å²) in [5.41, 5.74) is 0.564. The Morgan fingerprint density at radius 3 is 3.06 bits per heavy atom. The van der Waals surface area contributed by atoms with Gasteiger partial charge in [0.2, 0.25) is 5.89 Å². The molecule has 0 radical (unpaired) electrons. The van der Waals surface area contributed by atoms with Crippen LogP contribution in [-0.4, -0.2) is 22.6 Å². The molecule has 1 heterocycles. The van der Waals surface area contributed by atoms with Crippen molar-refractivity contribution in [2.45, 2.75) is 6.42 Å². The molecule has 0 spiro atoms. The standard InChI is InChI=1S/C11H9ClIN3O2/c12-7-1-2-9(13)8(5-7)11(17)14-4-3-10-15-6-16-18-10/h1-2,5-6H,3-4H2,(H,14,17). The lowest BCUT2D eigenvalue weighted by Crippen LogP contribution is -2.26. The average Bonchev–Trinajstić information content (AvgIpc) is 2.85. The minimum atomic E-state index is -0.165. The third kappa shape index (κ3) is 3.42. The number of halogens is 2. The molecule has 0 aliphatic heterocycles. The lowest BCUT2D eigenvalue weighted by Gasteiger charge is -2.06. The van der Waals surface area contributed by atoms with Crippen molar-refractivity contribution in [2.75, 3.05) is 6.54 Å². The highest BCUT2D eigenvalue weighted by Gasteiger charge is 2.10. The molecule has 1 aromatic heterocycles. The molecule has 1 aromatic carbocycles. The highest BCUT2D eigenvalue weighted by Crippen LogP contribution is 2.17. The Morgan fingerprint density at radius 1 is 1.50 bits per heavy atom. The van der Waals surface area contributed by atoms with Crippen LogP contribution in [0.4, 0.5) is 0 Å². The normalized spacial score (nSPS) is 10.3. The molecule has 2 aromatic rings. The minimum Gasteiger partial charge on any atom is -0.351 e. The van der Waals surface area contributed by atoms with Gasteiger partial charge in [-0.3, -0.25) is 4.79 Å². The topological polar surface area (TPSA) is 68.0 Å². The van der Waals surface area contributed by atoms with Gasteiger partial charge in [-0.25, -0.2) is 0 Å². The number of rotatable bonds is 4. The molecule has 0 saturated carbocycles. The molecule has 5 nitrogen and oxygen atoms in total. The largest absolute Gasteiger partial charge is 0.351 e. The maximum atomic E-state index is 11.9. The average molecular weight is 378 g/mol. The summed E-state index contributed by atoms with van der Waals surface area (Å²) in [4.78, 5) is 15.8. The molecule has 0 aliphatic carbocycles. The van der Waals surface area contributed by atoms with Crippen LogP contribution in [0.1, 0.15) is 16.2 Å². The van der Waals surface area contributed by atoms with Gasteiger partial charge in [-0.15, -0.1) is 0 Å². The Balaban J connectivity index is 1.93. The molecule has 0 unspecified atom stereocenters. The SMILES string of the molecule is O=C(NCCc1ncno1)c1cc(Cl)ccc1I. The minimum absolute atomic E-state index is 0.165. The molecular weight excluding hydrogens is 368 g/mol. The summed E-state index contributed by atoms with van der Waals surface area (Å²) in [6, 6.07) is 5.19. The molecular formula is C11H9ClIN3O2. The van der Waals surface area contributed by atoms with Crippen LogP contribution < -0.4 is 5.32 Å². The second kappa shape index (κ2) is 6.14. The predicted octanol–water partition coefficient (Wildman–Crippen LogP) is 2.30. The quantitative estimate of drug-likeness (QED) is 0.830. The predicted molar refractivity (Wildman–Crippen MR) is 74.5 cm³/mol. The summed E-state index contributed by atoms with van der Waals surface area (Å²) in [6.07, 6.45) is 1.83. The van der Waals surface area contributed by atoms with Crippen molar-refractivity contribution < 1.29 is 9.32 Å². The molecule has 0 saturated heterocycles. The summed E-state index contributed by atoms with van der Waals surface area (Å²) in [6.45, 7) is 0.434. The Labute approximate surface area is 122 Å². The zero-order valence-electron chi connectivity index (χ0n) is 9.19. The highest BCUT2D eigenvalue weighted by molar-refractivity contribution is 14.1. The number of benzene rings is 1. The van der Waals surface area contributed by atoms with E-state index in [4.69, 9.17) is 16.1 Å². The summed E-state index contributed by atoms with van der Waals surface area (Å²) in [5, 5.41) is 6.80. The van der Waals surface area contributed by atoms with E-state index in [1.807, 2.05) is 0 Å². The third-order valence-electron chi connectivity index (χ3n) is 2.20. The number of hydrogen-bond acceptors (Lipinski definition) is 4. The first-order chi connectivity index (χ1) is 8.66. The lowest BCUT2D eigenvalue weighted by molar-refractivity contribution is 0.0952. The first-order valence-corrected chi connectivity index (χ1v) is 6.61. The molecule has 0 fully saturated rings. The van der Waals surface area contributed by atoms with E-state index in [9.17, 15) is 4.79 Å². The van der Waals surface area contributed by atoms with E-state index in [0.29, 0.717) is 29.4 Å². The van der Waals surface area contributed by atoms with Crippen molar-refractivity contribution in [3.63, 3.8) is 0 Å². The smallest absolute Gasteiger partial charge is 0.252 e. The van der Waals surface area contributed by atoms with Crippen LogP contribution >= 0.6 is 34.2 Å². The van der Waals surface area contributed by atoms with Crippen LogP contribution in [0.15, 0.2) is 29.0 Å². The van der Waals surface area contributed by atoms with Gasteiger partial charge in [-0.2, -0.15) is 4.98 Å². The van der Waals surface area contributed by atoms with Crippen molar-refractivity contribution in [3.8, 4) is 0 Å². The van der Waals surface area contributed by atoms with E-state index < -0.39 is 0 Å². The Hall–Kier alpha value is -1.15. The van der Waals surface area contributed by atoms with Crippen LogP contribution in [0.3, 0.4) is 0 Å². The number of aromatic nitrogens is 2. The van der Waals surface area contributed by atoms with E-state index in [1.54, 1.807) is 18.2 Å². The van der Waals surface area contributed by atoms with E-state index in [1.165, 1.54) is 6.33 Å². The van der Waals surface area contributed by atoms with Crippen molar-refractivity contribution in [3.05, 3.63) is 44.6 Å². The lowest BCUT2D eigenvalue weighted by atomic mass is 10.2. The zero-order valence-corrected chi connectivity index (χ0v) is 12.1. The number of carbonyl (C=O) groups is 1. The van der Waals surface area contributed by atoms with Crippen LogP contribution in [0.2, 0.25) is 5.02 Å². The summed E-state index contributed by atoms with van der Waals surface area (Å²) in [7, 11) is 0. The van der Waals surface area contributed by atoms with Gasteiger partial charge < -0.3 is 9.84 Å². The molecule has 2 rings (SSSR count). The molecule has 0 aliphatic rings. The zero-order chi connectivity index (χ0) is 13.0. The third-order valence-corrected chi connectivity index (χ3v) is 3.38. The fraction of sp³-hybridized carbons (Fsp3) is 0.182. The van der Waals surface area contributed by atoms with Crippen molar-refractivity contribution in [1.82, 2.24) is 15.5 Å². The number of amides is 1. The fourth-order valence-corrected chi connectivity index (χ4v) is 2.11. The first kappa shape index (κ1) is 13.3. The molecule has 18 heavy (non-hydrogen) atoms. The summed E-state index contributed by atoms with van der Waals surface area (Å²) in [5.74, 6) is 0.331. The summed E-state index contributed by atoms with van der Waals surface area (Å²) >= 11 is 7.95. The maximum absolute atomic E-state index is 11.9. The molecule has 1 amide bonds. The summed E-state index contributed by atoms with van der Waals surface area (Å²) < 4.78 is 5.68. The number of nitrogens with one attached hydrogen (secondary N) is 1. The highest BCUT2D eigenvalue weighted by atomic mass is 127. The molecule has 1 N–H and O–H groups in total. The number of hydrogen-bond donors (Lipinski definition) is 1. The maximum Gasteiger partial charge on any atom is 0.252 e. The van der Waals surface area contributed by atoms with Gasteiger partial charge >= 0.3 is 0 Å². The molecule has 7 heteroatoms. The Kier molecular flexibility index (Phi) is 4.54. The van der Waals surface area contributed by atoms with Crippen molar-refractivity contribution in [1.29, 1.82) is 0 Å². The van der Waals surface area contributed by atoms with Crippen molar-refractivity contribution in [2.24, 2.45) is 0 Å². The van der Waals surface area contributed by atoms with Gasteiger partial charge in [-0.1, -0.05) is 16.8 Å². The second-order valence-electron chi connectivity index (χ2n) is 3.47. The van der Waals surface area contributed by atoms with Crippen LogP contribution in [0, 0.1) is 3.57 Å². The van der Waals surface area contributed by atoms with E-state index in [0.717, 1.165) is 3.57 Å². The van der Waals surface area contributed by atoms with E-state index in [-0.39, 0.29) is 5.91 Å². The Bertz CT molecular complexity index is 545. The molecule has 0 bridgehead atoms. The second-order valence-corrected chi connectivity index (χ2v) is 5.06. The molecule has 94 valence electrons. The van der Waals surface area contributed by atoms with E-state index in [2.05, 4.69) is 38.0 Å². The van der Waals surface area contributed by atoms with Gasteiger partial charge in [0.05, 0.1) is 5.56 Å². The number of carbonyl (C=O) groups excluding carboxylic acids is 1. The molecule has 0 atom stereocenters. The first-order valence-electron chi connectivity index (χ1n) is 5.15. The van der Waals surface area contributed by atoms with Gasteiger partial charge in [-0.05, 0) is 40.8 Å². The van der Waals surface area contributed by atoms with Crippen LogP contribution in [0.25, 0.3) is 0 Å². The number of nitrogens with zero attached hydrogens (tertiary/aromatic N) is 2. The fourth-order valence-electron chi connectivity index (χ4n) is 1.36. The van der Waals surface area contributed by atoms with Gasteiger partial charge in [0.15, 0.2) is 6.33 Å². The van der Waals surface area contributed by atoms with Gasteiger partial charge in [0, 0.05) is 21.6 Å².